The summed E-state index contributed by atoms with van der Waals surface area (Å²) >= 11 is 0. The van der Waals surface area contributed by atoms with E-state index in [4.69, 9.17) is 14.2 Å². The van der Waals surface area contributed by atoms with Crippen LogP contribution in [0.4, 0.5) is 10.1 Å². The summed E-state index contributed by atoms with van der Waals surface area (Å²) in [7, 11) is 1.55. The molecule has 0 bridgehead atoms. The highest BCUT2D eigenvalue weighted by molar-refractivity contribution is 5.96. The fraction of sp³-hybridized carbons (Fsp3) is 0.640. The fourth-order valence-electron chi connectivity index (χ4n) is 6.90. The van der Waals surface area contributed by atoms with E-state index in [-0.39, 0.29) is 23.6 Å². The van der Waals surface area contributed by atoms with Crippen LogP contribution in [0.2, 0.25) is 0 Å². The number of methoxy groups -OCH3 is 1. The second-order valence-electron chi connectivity index (χ2n) is 9.51. The predicted octanol–water partition coefficient (Wildman–Crippen LogP) is 2.83. The topological polar surface area (TPSA) is 80.3 Å². The molecule has 0 spiro atoms. The molecule has 4 aliphatic heterocycles. The number of halogens is 1. The lowest BCUT2D eigenvalue weighted by Gasteiger charge is -2.61. The highest BCUT2D eigenvalue weighted by Gasteiger charge is 2.70. The van der Waals surface area contributed by atoms with Gasteiger partial charge in [-0.3, -0.25) is 9.69 Å². The van der Waals surface area contributed by atoms with Crippen LogP contribution in [0.5, 0.6) is 5.75 Å². The van der Waals surface area contributed by atoms with Crippen molar-refractivity contribution < 1.29 is 28.5 Å². The Labute approximate surface area is 193 Å². The van der Waals surface area contributed by atoms with Gasteiger partial charge in [0.15, 0.2) is 11.5 Å². The highest BCUT2D eigenvalue weighted by atomic mass is 19.1. The molecular formula is C25H33FN2O5. The van der Waals surface area contributed by atoms with Crippen LogP contribution in [0.1, 0.15) is 38.7 Å². The van der Waals surface area contributed by atoms with Crippen LogP contribution in [0.25, 0.3) is 0 Å². The SMILES string of the molecule is C/C=C(/C(=O)CO)[C@H]1C[C@@H]2N(CC[C@@]34OCCO[C@@]23Nc2cc(F)cc(OC)c24)C[C@H]1CC. The molecule has 8 heteroatoms. The van der Waals surface area contributed by atoms with Gasteiger partial charge in [0.05, 0.1) is 31.9 Å². The zero-order valence-electron chi connectivity index (χ0n) is 19.5. The molecule has 0 aliphatic carbocycles. The molecule has 180 valence electrons. The number of nitrogens with one attached hydrogen (secondary N) is 1. The van der Waals surface area contributed by atoms with E-state index in [2.05, 4.69) is 17.1 Å². The van der Waals surface area contributed by atoms with E-state index in [1.54, 1.807) is 7.11 Å². The van der Waals surface area contributed by atoms with Gasteiger partial charge in [0.1, 0.15) is 23.8 Å². The molecule has 1 aromatic rings. The van der Waals surface area contributed by atoms with Crippen molar-refractivity contribution in [3.05, 3.63) is 35.2 Å². The summed E-state index contributed by atoms with van der Waals surface area (Å²) in [5.74, 6) is 0.159. The molecule has 33 heavy (non-hydrogen) atoms. The van der Waals surface area contributed by atoms with E-state index >= 15 is 0 Å². The molecule has 4 aliphatic rings. The van der Waals surface area contributed by atoms with Crippen LogP contribution in [-0.4, -0.2) is 67.6 Å². The molecule has 0 amide bonds. The van der Waals surface area contributed by atoms with E-state index < -0.39 is 17.9 Å². The van der Waals surface area contributed by atoms with E-state index in [1.807, 2.05) is 13.0 Å². The first kappa shape index (κ1) is 22.8. The Morgan fingerprint density at radius 2 is 2.18 bits per heavy atom. The van der Waals surface area contributed by atoms with E-state index in [0.29, 0.717) is 49.0 Å². The Morgan fingerprint density at radius 3 is 2.88 bits per heavy atom. The minimum Gasteiger partial charge on any atom is -0.496 e. The Morgan fingerprint density at radius 1 is 1.39 bits per heavy atom. The van der Waals surface area contributed by atoms with Crippen molar-refractivity contribution in [2.45, 2.75) is 50.5 Å². The third-order valence-corrected chi connectivity index (χ3v) is 8.25. The van der Waals surface area contributed by atoms with Gasteiger partial charge in [-0.2, -0.15) is 0 Å². The number of aliphatic hydroxyl groups is 1. The highest BCUT2D eigenvalue weighted by Crippen LogP contribution is 2.61. The van der Waals surface area contributed by atoms with E-state index in [1.165, 1.54) is 12.1 Å². The molecule has 0 unspecified atom stereocenters. The summed E-state index contributed by atoms with van der Waals surface area (Å²) in [6.07, 6.45) is 4.16. The molecule has 0 saturated carbocycles. The van der Waals surface area contributed by atoms with Gasteiger partial charge in [-0.1, -0.05) is 19.4 Å². The number of anilines is 1. The molecule has 7 nitrogen and oxygen atoms in total. The molecule has 3 saturated heterocycles. The summed E-state index contributed by atoms with van der Waals surface area (Å²) < 4.78 is 33.2. The van der Waals surface area contributed by atoms with Crippen LogP contribution in [0.3, 0.4) is 0 Å². The molecule has 0 aromatic heterocycles. The normalized spacial score (nSPS) is 35.7. The summed E-state index contributed by atoms with van der Waals surface area (Å²) in [5, 5.41) is 13.1. The molecular weight excluding hydrogens is 427 g/mol. The standard InChI is InChI=1S/C25H33FN2O5/c1-4-15-13-28-7-6-24-23-19(10-16(26)11-21(23)31-3)27-25(24,33-9-8-32-24)22(28)12-18(15)17(5-2)20(30)14-29/h5,10-11,15,18,22,27,29H,4,6-9,12-14H2,1-3H3/b17-5+/t15-,18+,22+,24+,25+/m1/s1. The maximum atomic E-state index is 14.5. The van der Waals surface area contributed by atoms with Crippen LogP contribution < -0.4 is 10.1 Å². The van der Waals surface area contributed by atoms with Crippen molar-refractivity contribution in [2.75, 3.05) is 45.3 Å². The van der Waals surface area contributed by atoms with Gasteiger partial charge in [0.2, 0.25) is 0 Å². The number of fused-ring (bicyclic) bond motifs is 2. The zero-order chi connectivity index (χ0) is 23.4. The molecule has 1 aromatic carbocycles. The second-order valence-corrected chi connectivity index (χ2v) is 9.51. The van der Waals surface area contributed by atoms with Crippen molar-refractivity contribution in [1.29, 1.82) is 0 Å². The van der Waals surface area contributed by atoms with Crippen LogP contribution >= 0.6 is 0 Å². The first-order valence-corrected chi connectivity index (χ1v) is 11.9. The third kappa shape index (κ3) is 3.11. The van der Waals surface area contributed by atoms with E-state index in [9.17, 15) is 14.3 Å². The average molecular weight is 461 g/mol. The minimum atomic E-state index is -0.912. The minimum absolute atomic E-state index is 0.000690. The lowest BCUT2D eigenvalue weighted by molar-refractivity contribution is -0.297. The molecule has 2 N–H and O–H groups in total. The third-order valence-electron chi connectivity index (χ3n) is 8.25. The average Bonchev–Trinajstić information content (AvgIpc) is 3.14. The Balaban J connectivity index is 1.61. The Kier molecular flexibility index (Phi) is 5.76. The lowest BCUT2D eigenvalue weighted by atomic mass is 9.66. The van der Waals surface area contributed by atoms with Crippen molar-refractivity contribution in [2.24, 2.45) is 11.8 Å². The number of rotatable bonds is 5. The van der Waals surface area contributed by atoms with E-state index in [0.717, 1.165) is 25.1 Å². The number of piperidine rings is 2. The summed E-state index contributed by atoms with van der Waals surface area (Å²) in [6, 6.07) is 2.80. The maximum Gasteiger partial charge on any atom is 0.188 e. The Bertz CT molecular complexity index is 984. The summed E-state index contributed by atoms with van der Waals surface area (Å²) in [6.45, 7) is 6.02. The number of hydrogen-bond donors (Lipinski definition) is 2. The second kappa shape index (κ2) is 8.34. The number of ether oxygens (including phenoxy) is 3. The first-order chi connectivity index (χ1) is 15.9. The molecule has 0 radical (unpaired) electrons. The van der Waals surface area contributed by atoms with Gasteiger partial charge < -0.3 is 24.6 Å². The number of nitrogens with zero attached hydrogens (tertiary/aromatic N) is 1. The number of benzene rings is 1. The van der Waals surface area contributed by atoms with Crippen LogP contribution in [-0.2, 0) is 19.9 Å². The fourth-order valence-corrected chi connectivity index (χ4v) is 6.90. The smallest absolute Gasteiger partial charge is 0.188 e. The Hall–Kier alpha value is -2.00. The van der Waals surface area contributed by atoms with Crippen LogP contribution in [0, 0.1) is 17.7 Å². The van der Waals surface area contributed by atoms with Crippen molar-refractivity contribution in [1.82, 2.24) is 4.90 Å². The van der Waals surface area contributed by atoms with Gasteiger partial charge in [0, 0.05) is 24.8 Å². The predicted molar refractivity (Wildman–Crippen MR) is 121 cm³/mol. The number of ketones is 1. The van der Waals surface area contributed by atoms with Crippen molar-refractivity contribution in [3.63, 3.8) is 0 Å². The first-order valence-electron chi connectivity index (χ1n) is 11.9. The van der Waals surface area contributed by atoms with Gasteiger partial charge >= 0.3 is 0 Å². The quantitative estimate of drug-likeness (QED) is 0.654. The number of allylic oxidation sites excluding steroid dienone is 1. The van der Waals surface area contributed by atoms with Crippen molar-refractivity contribution >= 4 is 11.5 Å². The molecule has 4 heterocycles. The molecule has 5 rings (SSSR count). The zero-order valence-corrected chi connectivity index (χ0v) is 19.5. The number of carbonyl (C=O) groups excluding carboxylic acids is 1. The number of carbonyl (C=O) groups is 1. The number of aliphatic hydroxyl groups excluding tert-OH is 1. The number of hydrogen-bond acceptors (Lipinski definition) is 7. The van der Waals surface area contributed by atoms with Crippen LogP contribution in [0.15, 0.2) is 23.8 Å². The van der Waals surface area contributed by atoms with Gasteiger partial charge in [-0.15, -0.1) is 0 Å². The lowest BCUT2D eigenvalue weighted by Crippen LogP contribution is -2.75. The largest absolute Gasteiger partial charge is 0.496 e. The monoisotopic (exact) mass is 460 g/mol. The summed E-state index contributed by atoms with van der Waals surface area (Å²) in [4.78, 5) is 15.0. The molecule has 5 atom stereocenters. The van der Waals surface area contributed by atoms with Crippen molar-refractivity contribution in [3.8, 4) is 5.75 Å². The maximum absolute atomic E-state index is 14.5. The summed E-state index contributed by atoms with van der Waals surface area (Å²) in [5.41, 5.74) is 0.430. The van der Waals surface area contributed by atoms with Gasteiger partial charge in [-0.05, 0) is 43.2 Å². The van der Waals surface area contributed by atoms with Gasteiger partial charge in [0.25, 0.3) is 0 Å². The van der Waals surface area contributed by atoms with Gasteiger partial charge in [-0.25, -0.2) is 4.39 Å². The number of Topliss-reactive ketones (excluding diaryl/α,β-unsaturated/α-hetero) is 1. The molecule has 3 fully saturated rings.